The van der Waals surface area contributed by atoms with E-state index in [1.165, 1.54) is 0 Å². The number of amides is 1. The molecule has 1 unspecified atom stereocenters. The average molecular weight is 171 g/mol. The third-order valence-electron chi connectivity index (χ3n) is 2.18. The minimum atomic E-state index is -0.0874. The van der Waals surface area contributed by atoms with Gasteiger partial charge in [0, 0.05) is 13.1 Å². The van der Waals surface area contributed by atoms with Gasteiger partial charge >= 0.3 is 0 Å². The van der Waals surface area contributed by atoms with Crippen molar-refractivity contribution in [2.45, 2.75) is 25.8 Å². The second-order valence-corrected chi connectivity index (χ2v) is 3.12. The fourth-order valence-electron chi connectivity index (χ4n) is 1.23. The first kappa shape index (κ1) is 9.48. The maximum Gasteiger partial charge on any atom is 0.253 e. The van der Waals surface area contributed by atoms with Crippen LogP contribution < -0.4 is 10.7 Å². The van der Waals surface area contributed by atoms with Gasteiger partial charge in [0.05, 0.1) is 6.04 Å². The molecule has 1 saturated heterocycles. The lowest BCUT2D eigenvalue weighted by molar-refractivity contribution is -0.137. The Hall–Kier alpha value is -0.610. The second-order valence-electron chi connectivity index (χ2n) is 3.12. The van der Waals surface area contributed by atoms with Crippen molar-refractivity contribution < 1.29 is 4.79 Å². The number of nitrogens with one attached hydrogen (secondary N) is 2. The van der Waals surface area contributed by atoms with E-state index >= 15 is 0 Å². The molecule has 0 bridgehead atoms. The average Bonchev–Trinajstić information content (AvgIpc) is 2.17. The molecule has 0 aromatic heterocycles. The van der Waals surface area contributed by atoms with E-state index in [0.717, 1.165) is 25.9 Å². The normalized spacial score (nSPS) is 20.7. The zero-order chi connectivity index (χ0) is 8.97. The smallest absolute Gasteiger partial charge is 0.253 e. The summed E-state index contributed by atoms with van der Waals surface area (Å²) in [4.78, 5) is 11.5. The first-order chi connectivity index (χ1) is 5.75. The molecule has 1 atom stereocenters. The van der Waals surface area contributed by atoms with E-state index < -0.39 is 0 Å². The van der Waals surface area contributed by atoms with E-state index in [2.05, 4.69) is 10.7 Å². The second kappa shape index (κ2) is 4.42. The molecule has 0 radical (unpaired) electrons. The van der Waals surface area contributed by atoms with Crippen LogP contribution in [0.1, 0.15) is 19.8 Å². The van der Waals surface area contributed by atoms with Crippen LogP contribution in [-0.4, -0.2) is 37.1 Å². The van der Waals surface area contributed by atoms with Crippen molar-refractivity contribution in [3.05, 3.63) is 0 Å². The molecule has 70 valence electrons. The molecule has 1 fully saturated rings. The minimum absolute atomic E-state index is 0.0874. The SMILES string of the molecule is CNC(C)C(=O)N1CCCCN1. The van der Waals surface area contributed by atoms with Gasteiger partial charge < -0.3 is 5.32 Å². The summed E-state index contributed by atoms with van der Waals surface area (Å²) in [6.07, 6.45) is 2.27. The first-order valence-electron chi connectivity index (χ1n) is 4.48. The quantitative estimate of drug-likeness (QED) is 0.600. The summed E-state index contributed by atoms with van der Waals surface area (Å²) in [7, 11) is 1.80. The zero-order valence-electron chi connectivity index (χ0n) is 7.76. The fourth-order valence-corrected chi connectivity index (χ4v) is 1.23. The van der Waals surface area contributed by atoms with Crippen LogP contribution in [0.2, 0.25) is 0 Å². The van der Waals surface area contributed by atoms with Gasteiger partial charge in [0.15, 0.2) is 0 Å². The Kier molecular flexibility index (Phi) is 3.49. The predicted octanol–water partition coefficient (Wildman–Crippen LogP) is -0.279. The monoisotopic (exact) mass is 171 g/mol. The maximum atomic E-state index is 11.5. The molecule has 0 aromatic rings. The van der Waals surface area contributed by atoms with E-state index in [-0.39, 0.29) is 11.9 Å². The molecule has 1 heterocycles. The lowest BCUT2D eigenvalue weighted by atomic mass is 10.2. The van der Waals surface area contributed by atoms with E-state index in [9.17, 15) is 4.79 Å². The highest BCUT2D eigenvalue weighted by atomic mass is 16.2. The predicted molar refractivity (Wildman–Crippen MR) is 47.5 cm³/mol. The Morgan fingerprint density at radius 3 is 2.83 bits per heavy atom. The summed E-state index contributed by atoms with van der Waals surface area (Å²) in [5, 5.41) is 4.64. The van der Waals surface area contributed by atoms with Crippen LogP contribution in [0.5, 0.6) is 0 Å². The van der Waals surface area contributed by atoms with Gasteiger partial charge in [-0.3, -0.25) is 9.80 Å². The molecule has 1 aliphatic heterocycles. The lowest BCUT2D eigenvalue weighted by Crippen LogP contribution is -2.52. The van der Waals surface area contributed by atoms with Crippen molar-refractivity contribution in [3.63, 3.8) is 0 Å². The van der Waals surface area contributed by atoms with Gasteiger partial charge in [-0.25, -0.2) is 5.43 Å². The van der Waals surface area contributed by atoms with E-state index in [1.807, 2.05) is 6.92 Å². The van der Waals surface area contributed by atoms with Crippen LogP contribution in [-0.2, 0) is 4.79 Å². The van der Waals surface area contributed by atoms with Crippen LogP contribution >= 0.6 is 0 Å². The maximum absolute atomic E-state index is 11.5. The third-order valence-corrected chi connectivity index (χ3v) is 2.18. The van der Waals surface area contributed by atoms with Gasteiger partial charge in [0.25, 0.3) is 5.91 Å². The van der Waals surface area contributed by atoms with Crippen LogP contribution in [0, 0.1) is 0 Å². The Labute approximate surface area is 73.3 Å². The number of rotatable bonds is 2. The van der Waals surface area contributed by atoms with Gasteiger partial charge in [-0.1, -0.05) is 0 Å². The summed E-state index contributed by atoms with van der Waals surface area (Å²) in [6.45, 7) is 3.63. The largest absolute Gasteiger partial charge is 0.309 e. The highest BCUT2D eigenvalue weighted by Gasteiger charge is 2.20. The minimum Gasteiger partial charge on any atom is -0.309 e. The van der Waals surface area contributed by atoms with Crippen molar-refractivity contribution >= 4 is 5.91 Å². The van der Waals surface area contributed by atoms with Gasteiger partial charge in [0.2, 0.25) is 0 Å². The van der Waals surface area contributed by atoms with Crippen molar-refractivity contribution in [1.82, 2.24) is 15.8 Å². The van der Waals surface area contributed by atoms with Crippen LogP contribution in [0.25, 0.3) is 0 Å². The topological polar surface area (TPSA) is 44.4 Å². The van der Waals surface area contributed by atoms with Crippen LogP contribution in [0.4, 0.5) is 0 Å². The molecule has 1 amide bonds. The highest BCUT2D eigenvalue weighted by molar-refractivity contribution is 5.81. The highest BCUT2D eigenvalue weighted by Crippen LogP contribution is 2.01. The summed E-state index contributed by atoms with van der Waals surface area (Å²) < 4.78 is 0. The summed E-state index contributed by atoms with van der Waals surface area (Å²) in [5.74, 6) is 0.136. The van der Waals surface area contributed by atoms with Gasteiger partial charge in [-0.2, -0.15) is 0 Å². The number of carbonyl (C=O) groups is 1. The molecule has 1 rings (SSSR count). The van der Waals surface area contributed by atoms with Crippen molar-refractivity contribution in [2.24, 2.45) is 0 Å². The van der Waals surface area contributed by atoms with Crippen molar-refractivity contribution in [2.75, 3.05) is 20.1 Å². The molecule has 4 nitrogen and oxygen atoms in total. The van der Waals surface area contributed by atoms with Gasteiger partial charge in [-0.15, -0.1) is 0 Å². The third kappa shape index (κ3) is 2.19. The molecule has 0 aromatic carbocycles. The van der Waals surface area contributed by atoms with E-state index in [0.29, 0.717) is 0 Å². The van der Waals surface area contributed by atoms with E-state index in [4.69, 9.17) is 0 Å². The van der Waals surface area contributed by atoms with Gasteiger partial charge in [0.1, 0.15) is 0 Å². The molecule has 4 heteroatoms. The zero-order valence-corrected chi connectivity index (χ0v) is 7.76. The molecular weight excluding hydrogens is 154 g/mol. The molecular formula is C8H17N3O. The Balaban J connectivity index is 2.39. The lowest BCUT2D eigenvalue weighted by Gasteiger charge is -2.29. The molecule has 0 aliphatic carbocycles. The van der Waals surface area contributed by atoms with Crippen molar-refractivity contribution in [1.29, 1.82) is 0 Å². The molecule has 1 aliphatic rings. The Morgan fingerprint density at radius 1 is 1.58 bits per heavy atom. The summed E-state index contributed by atoms with van der Waals surface area (Å²) in [5.41, 5.74) is 3.08. The molecule has 12 heavy (non-hydrogen) atoms. The Bertz CT molecular complexity index is 154. The number of carbonyl (C=O) groups excluding carboxylic acids is 1. The first-order valence-corrected chi connectivity index (χ1v) is 4.48. The fraction of sp³-hybridized carbons (Fsp3) is 0.875. The summed E-state index contributed by atoms with van der Waals surface area (Å²) in [6, 6.07) is -0.0874. The van der Waals surface area contributed by atoms with Crippen molar-refractivity contribution in [3.8, 4) is 0 Å². The van der Waals surface area contributed by atoms with E-state index in [1.54, 1.807) is 12.1 Å². The van der Waals surface area contributed by atoms with Crippen LogP contribution in [0.15, 0.2) is 0 Å². The number of likely N-dealkylation sites (N-methyl/N-ethyl adjacent to an activating group) is 1. The molecule has 2 N–H and O–H groups in total. The van der Waals surface area contributed by atoms with Gasteiger partial charge in [-0.05, 0) is 26.8 Å². The standard InChI is InChI=1S/C8H17N3O/c1-7(9-2)8(12)11-6-4-3-5-10-11/h7,9-10H,3-6H2,1-2H3. The number of nitrogens with zero attached hydrogens (tertiary/aromatic N) is 1. The number of hydrogen-bond donors (Lipinski definition) is 2. The summed E-state index contributed by atoms with van der Waals surface area (Å²) >= 11 is 0. The van der Waals surface area contributed by atoms with Crippen LogP contribution in [0.3, 0.4) is 0 Å². The molecule has 0 saturated carbocycles. The molecule has 0 spiro atoms. The Morgan fingerprint density at radius 2 is 2.33 bits per heavy atom. The number of hydrazine groups is 1. The number of hydrogen-bond acceptors (Lipinski definition) is 3.